The molecular formula is C19H16N6O. The standard InChI is InChI=1S/C19H16N6O/c1-11(26)12-2-4-14(5-3-12)23-19-24-17(20)16-15(10-22-18(16)25-19)13-6-8-21-9-7-13/h2-10H,1H3,(H4,20,22,23,24,25). The van der Waals surface area contributed by atoms with Crippen LogP contribution in [0.5, 0.6) is 0 Å². The minimum atomic E-state index is 0.0218. The Balaban J connectivity index is 1.69. The van der Waals surface area contributed by atoms with Crippen molar-refractivity contribution >= 4 is 34.3 Å². The number of anilines is 3. The molecule has 0 saturated carbocycles. The molecule has 0 bridgehead atoms. The average Bonchev–Trinajstić information content (AvgIpc) is 3.07. The maximum absolute atomic E-state index is 11.4. The number of nitrogen functional groups attached to an aromatic ring is 1. The average molecular weight is 344 g/mol. The number of carbonyl (C=O) groups is 1. The lowest BCUT2D eigenvalue weighted by molar-refractivity contribution is 0.101. The van der Waals surface area contributed by atoms with E-state index >= 15 is 0 Å². The Morgan fingerprint density at radius 2 is 1.81 bits per heavy atom. The third-order valence-corrected chi connectivity index (χ3v) is 4.10. The number of carbonyl (C=O) groups excluding carboxylic acids is 1. The fourth-order valence-electron chi connectivity index (χ4n) is 2.79. The van der Waals surface area contributed by atoms with Gasteiger partial charge in [-0.15, -0.1) is 0 Å². The maximum Gasteiger partial charge on any atom is 0.231 e. The Labute approximate surface area is 149 Å². The summed E-state index contributed by atoms with van der Waals surface area (Å²) in [7, 11) is 0. The Morgan fingerprint density at radius 3 is 2.50 bits per heavy atom. The zero-order valence-corrected chi connectivity index (χ0v) is 14.0. The van der Waals surface area contributed by atoms with Gasteiger partial charge in [-0.05, 0) is 48.9 Å². The summed E-state index contributed by atoms with van der Waals surface area (Å²) in [5, 5.41) is 3.88. The highest BCUT2D eigenvalue weighted by Gasteiger charge is 2.13. The van der Waals surface area contributed by atoms with E-state index in [1.54, 1.807) is 36.7 Å². The van der Waals surface area contributed by atoms with Gasteiger partial charge >= 0.3 is 0 Å². The number of aromatic amines is 1. The van der Waals surface area contributed by atoms with Gasteiger partial charge in [0.2, 0.25) is 5.95 Å². The van der Waals surface area contributed by atoms with Crippen LogP contribution in [0.2, 0.25) is 0 Å². The van der Waals surface area contributed by atoms with Crippen molar-refractivity contribution in [2.45, 2.75) is 6.92 Å². The highest BCUT2D eigenvalue weighted by Crippen LogP contribution is 2.31. The Bertz CT molecular complexity index is 1090. The maximum atomic E-state index is 11.4. The molecule has 0 atom stereocenters. The number of hydrogen-bond acceptors (Lipinski definition) is 6. The van der Waals surface area contributed by atoms with E-state index in [0.29, 0.717) is 23.0 Å². The minimum absolute atomic E-state index is 0.0218. The summed E-state index contributed by atoms with van der Waals surface area (Å²) in [6, 6.07) is 10.9. The van der Waals surface area contributed by atoms with Crippen molar-refractivity contribution in [1.29, 1.82) is 0 Å². The summed E-state index contributed by atoms with van der Waals surface area (Å²) >= 11 is 0. The van der Waals surface area contributed by atoms with Crippen molar-refractivity contribution in [2.24, 2.45) is 0 Å². The molecule has 0 radical (unpaired) electrons. The summed E-state index contributed by atoms with van der Waals surface area (Å²) in [6.45, 7) is 1.53. The molecule has 0 saturated heterocycles. The van der Waals surface area contributed by atoms with Crippen molar-refractivity contribution < 1.29 is 4.79 Å². The number of ketones is 1. The van der Waals surface area contributed by atoms with Crippen LogP contribution in [0, 0.1) is 0 Å². The molecule has 4 aromatic rings. The van der Waals surface area contributed by atoms with Gasteiger partial charge in [0, 0.05) is 35.4 Å². The van der Waals surface area contributed by atoms with Gasteiger partial charge in [0.25, 0.3) is 0 Å². The number of nitrogens with two attached hydrogens (primary N) is 1. The highest BCUT2D eigenvalue weighted by atomic mass is 16.1. The van der Waals surface area contributed by atoms with E-state index in [1.807, 2.05) is 18.3 Å². The predicted molar refractivity (Wildman–Crippen MR) is 101 cm³/mol. The molecule has 0 amide bonds. The van der Waals surface area contributed by atoms with Crippen LogP contribution in [0.25, 0.3) is 22.2 Å². The molecule has 4 N–H and O–H groups in total. The largest absolute Gasteiger partial charge is 0.383 e. The molecule has 0 aliphatic heterocycles. The summed E-state index contributed by atoms with van der Waals surface area (Å²) in [6.07, 6.45) is 5.31. The van der Waals surface area contributed by atoms with Gasteiger partial charge < -0.3 is 16.0 Å². The van der Waals surface area contributed by atoms with Gasteiger partial charge in [0.1, 0.15) is 11.5 Å². The van der Waals surface area contributed by atoms with Crippen LogP contribution < -0.4 is 11.1 Å². The van der Waals surface area contributed by atoms with Crippen LogP contribution >= 0.6 is 0 Å². The summed E-state index contributed by atoms with van der Waals surface area (Å²) < 4.78 is 0. The number of rotatable bonds is 4. The molecular weight excluding hydrogens is 328 g/mol. The van der Waals surface area contributed by atoms with Crippen LogP contribution in [0.15, 0.2) is 55.0 Å². The van der Waals surface area contributed by atoms with E-state index in [-0.39, 0.29) is 5.78 Å². The number of H-pyrrole nitrogens is 1. The third kappa shape index (κ3) is 2.86. The summed E-state index contributed by atoms with van der Waals surface area (Å²) in [5.41, 5.74) is 10.2. The van der Waals surface area contributed by atoms with Crippen LogP contribution in [-0.4, -0.2) is 25.7 Å². The topological polar surface area (TPSA) is 110 Å². The van der Waals surface area contributed by atoms with Gasteiger partial charge in [0.05, 0.1) is 5.39 Å². The molecule has 1 aromatic carbocycles. The first-order chi connectivity index (χ1) is 12.6. The molecule has 0 aliphatic rings. The first-order valence-corrected chi connectivity index (χ1v) is 8.05. The van der Waals surface area contributed by atoms with Crippen molar-refractivity contribution in [1.82, 2.24) is 19.9 Å². The molecule has 4 rings (SSSR count). The lowest BCUT2D eigenvalue weighted by Gasteiger charge is -2.07. The fourth-order valence-corrected chi connectivity index (χ4v) is 2.79. The van der Waals surface area contributed by atoms with E-state index in [1.165, 1.54) is 6.92 Å². The molecule has 3 heterocycles. The number of nitrogens with one attached hydrogen (secondary N) is 2. The Hall–Kier alpha value is -3.74. The molecule has 26 heavy (non-hydrogen) atoms. The zero-order chi connectivity index (χ0) is 18.1. The number of nitrogens with zero attached hydrogens (tertiary/aromatic N) is 3. The highest BCUT2D eigenvalue weighted by molar-refractivity contribution is 6.00. The lowest BCUT2D eigenvalue weighted by Crippen LogP contribution is -2.02. The number of pyridine rings is 1. The second-order valence-electron chi connectivity index (χ2n) is 5.85. The van der Waals surface area contributed by atoms with Crippen LogP contribution in [0.4, 0.5) is 17.5 Å². The van der Waals surface area contributed by atoms with Crippen LogP contribution in [0.3, 0.4) is 0 Å². The van der Waals surface area contributed by atoms with E-state index < -0.39 is 0 Å². The molecule has 7 nitrogen and oxygen atoms in total. The first-order valence-electron chi connectivity index (χ1n) is 8.05. The first kappa shape index (κ1) is 15.8. The molecule has 128 valence electrons. The number of hydrogen-bond donors (Lipinski definition) is 3. The van der Waals surface area contributed by atoms with E-state index in [4.69, 9.17) is 5.73 Å². The molecule has 0 aliphatic carbocycles. The molecule has 7 heteroatoms. The van der Waals surface area contributed by atoms with Gasteiger partial charge in [0.15, 0.2) is 5.78 Å². The molecule has 0 unspecified atom stereocenters. The zero-order valence-electron chi connectivity index (χ0n) is 14.0. The second-order valence-corrected chi connectivity index (χ2v) is 5.85. The summed E-state index contributed by atoms with van der Waals surface area (Å²) in [5.74, 6) is 0.785. The van der Waals surface area contributed by atoms with Crippen molar-refractivity contribution in [3.05, 3.63) is 60.6 Å². The molecule has 0 fully saturated rings. The van der Waals surface area contributed by atoms with Gasteiger partial charge in [-0.2, -0.15) is 9.97 Å². The lowest BCUT2D eigenvalue weighted by atomic mass is 10.1. The van der Waals surface area contributed by atoms with Gasteiger partial charge in [-0.1, -0.05) is 0 Å². The number of benzene rings is 1. The second kappa shape index (κ2) is 6.29. The predicted octanol–water partition coefficient (Wildman–Crippen LogP) is 3.55. The van der Waals surface area contributed by atoms with Crippen molar-refractivity contribution in [2.75, 3.05) is 11.1 Å². The SMILES string of the molecule is CC(=O)c1ccc(Nc2nc(N)c3c(-c4ccncc4)c[nH]c3n2)cc1. The third-order valence-electron chi connectivity index (χ3n) is 4.10. The van der Waals surface area contributed by atoms with Crippen molar-refractivity contribution in [3.63, 3.8) is 0 Å². The number of Topliss-reactive ketones (excluding diaryl/α,β-unsaturated/α-hetero) is 1. The van der Waals surface area contributed by atoms with Crippen molar-refractivity contribution in [3.8, 4) is 11.1 Å². The van der Waals surface area contributed by atoms with Crippen LogP contribution in [-0.2, 0) is 0 Å². The van der Waals surface area contributed by atoms with Crippen LogP contribution in [0.1, 0.15) is 17.3 Å². The summed E-state index contributed by atoms with van der Waals surface area (Å²) in [4.78, 5) is 27.4. The number of fused-ring (bicyclic) bond motifs is 1. The number of aromatic nitrogens is 4. The van der Waals surface area contributed by atoms with E-state index in [9.17, 15) is 4.79 Å². The van der Waals surface area contributed by atoms with E-state index in [2.05, 4.69) is 25.3 Å². The van der Waals surface area contributed by atoms with Gasteiger partial charge in [-0.3, -0.25) is 9.78 Å². The van der Waals surface area contributed by atoms with Gasteiger partial charge in [-0.25, -0.2) is 0 Å². The normalized spacial score (nSPS) is 10.8. The monoisotopic (exact) mass is 344 g/mol. The Morgan fingerprint density at radius 1 is 1.08 bits per heavy atom. The quantitative estimate of drug-likeness (QED) is 0.488. The fraction of sp³-hybridized carbons (Fsp3) is 0.0526. The molecule has 0 spiro atoms. The Kier molecular flexibility index (Phi) is 3.81. The smallest absolute Gasteiger partial charge is 0.231 e. The minimum Gasteiger partial charge on any atom is -0.383 e. The van der Waals surface area contributed by atoms with E-state index in [0.717, 1.165) is 22.2 Å². The molecule has 3 aromatic heterocycles.